The summed E-state index contributed by atoms with van der Waals surface area (Å²) in [6.07, 6.45) is 5.50. The van der Waals surface area contributed by atoms with E-state index in [-0.39, 0.29) is 0 Å². The summed E-state index contributed by atoms with van der Waals surface area (Å²) >= 11 is 0. The van der Waals surface area contributed by atoms with E-state index in [2.05, 4.69) is 78.9 Å². The van der Waals surface area contributed by atoms with Crippen molar-refractivity contribution < 1.29 is 0 Å². The van der Waals surface area contributed by atoms with Gasteiger partial charge < -0.3 is 0 Å². The van der Waals surface area contributed by atoms with Crippen molar-refractivity contribution in [1.29, 1.82) is 0 Å². The fraction of sp³-hybridized carbons (Fsp3) is 0.0526. The van der Waals surface area contributed by atoms with Crippen LogP contribution < -0.4 is 0 Å². The van der Waals surface area contributed by atoms with Crippen LogP contribution in [0.25, 0.3) is 17.2 Å². The zero-order valence-corrected chi connectivity index (χ0v) is 10.8. The summed E-state index contributed by atoms with van der Waals surface area (Å²) in [6, 6.07) is 25.2. The molecule has 0 saturated carbocycles. The summed E-state index contributed by atoms with van der Waals surface area (Å²) in [6.45, 7) is 0. The van der Waals surface area contributed by atoms with Crippen molar-refractivity contribution in [2.24, 2.45) is 0 Å². The molecule has 4 rings (SSSR count). The fourth-order valence-corrected chi connectivity index (χ4v) is 2.33. The van der Waals surface area contributed by atoms with Gasteiger partial charge in [0.2, 0.25) is 0 Å². The number of rotatable bonds is 0. The minimum atomic E-state index is 1.12. The molecule has 0 fully saturated rings. The quantitative estimate of drug-likeness (QED) is 0.519. The highest BCUT2D eigenvalue weighted by atomic mass is 14.0. The van der Waals surface area contributed by atoms with Crippen molar-refractivity contribution in [2.45, 2.75) is 6.42 Å². The average molecular weight is 244 g/mol. The molecule has 1 aromatic carbocycles. The molecule has 92 valence electrons. The first-order valence-corrected chi connectivity index (χ1v) is 6.62. The first-order valence-electron chi connectivity index (χ1n) is 6.62. The van der Waals surface area contributed by atoms with Crippen LogP contribution in [0.15, 0.2) is 78.9 Å². The van der Waals surface area contributed by atoms with Crippen molar-refractivity contribution in [2.75, 3.05) is 0 Å². The van der Waals surface area contributed by atoms with E-state index >= 15 is 0 Å². The van der Waals surface area contributed by atoms with Gasteiger partial charge in [-0.05, 0) is 28.7 Å². The minimum Gasteiger partial charge on any atom is -0.0795 e. The summed E-state index contributed by atoms with van der Waals surface area (Å²) in [4.78, 5) is 0. The maximum Gasteiger partial charge on any atom is -0.00882 e. The van der Waals surface area contributed by atoms with E-state index in [1.54, 1.807) is 0 Å². The summed E-state index contributed by atoms with van der Waals surface area (Å²) in [5, 5.41) is 0. The van der Waals surface area contributed by atoms with Crippen LogP contribution in [-0.2, 0) is 6.42 Å². The number of hydrogen-bond acceptors (Lipinski definition) is 0. The zero-order valence-electron chi connectivity index (χ0n) is 10.8. The topological polar surface area (TPSA) is 0 Å². The van der Waals surface area contributed by atoms with Gasteiger partial charge in [0.25, 0.3) is 0 Å². The third kappa shape index (κ3) is 2.74. The van der Waals surface area contributed by atoms with Gasteiger partial charge in [0.1, 0.15) is 0 Å². The maximum absolute atomic E-state index is 2.20. The van der Waals surface area contributed by atoms with Gasteiger partial charge in [-0.15, -0.1) is 0 Å². The van der Waals surface area contributed by atoms with E-state index in [0.29, 0.717) is 0 Å². The summed E-state index contributed by atoms with van der Waals surface area (Å²) in [5.41, 5.74) is 5.46. The summed E-state index contributed by atoms with van der Waals surface area (Å²) in [5.74, 6) is 0. The molecule has 19 heavy (non-hydrogen) atoms. The second-order valence-electron chi connectivity index (χ2n) is 4.65. The number of fused-ring (bicyclic) bond motifs is 2. The normalized spacial score (nSPS) is 11.8. The highest BCUT2D eigenvalue weighted by molar-refractivity contribution is 5.65. The molecule has 0 heteroatoms. The van der Waals surface area contributed by atoms with Crippen molar-refractivity contribution in [1.82, 2.24) is 0 Å². The molecule has 0 bridgehead atoms. The Bertz CT molecular complexity index is 636. The largest absolute Gasteiger partial charge is 0.0795 e. The Hall–Kier alpha value is -2.34. The van der Waals surface area contributed by atoms with E-state index in [1.807, 2.05) is 6.07 Å². The lowest BCUT2D eigenvalue weighted by atomic mass is 10.1. The SMILES string of the molecule is C1=Cc2ccccc2C1.c1ccc2cccc-2cc1. The lowest BCUT2D eigenvalue weighted by Crippen LogP contribution is -1.76. The highest BCUT2D eigenvalue weighted by Crippen LogP contribution is 2.20. The monoisotopic (exact) mass is 244 g/mol. The Morgan fingerprint density at radius 3 is 1.95 bits per heavy atom. The van der Waals surface area contributed by atoms with Gasteiger partial charge in [0.05, 0.1) is 0 Å². The Labute approximate surface area is 114 Å². The van der Waals surface area contributed by atoms with E-state index in [4.69, 9.17) is 0 Å². The molecule has 0 atom stereocenters. The number of hydrogen-bond donors (Lipinski definition) is 0. The van der Waals surface area contributed by atoms with Crippen molar-refractivity contribution in [3.8, 4) is 11.1 Å². The molecule has 0 radical (unpaired) electrons. The molecule has 0 spiro atoms. The van der Waals surface area contributed by atoms with E-state index < -0.39 is 0 Å². The van der Waals surface area contributed by atoms with Crippen molar-refractivity contribution in [3.05, 3.63) is 90.0 Å². The van der Waals surface area contributed by atoms with Crippen LogP contribution in [0.5, 0.6) is 0 Å². The smallest absolute Gasteiger partial charge is 0.00882 e. The van der Waals surface area contributed by atoms with Crippen LogP contribution in [0.1, 0.15) is 11.1 Å². The van der Waals surface area contributed by atoms with Crippen molar-refractivity contribution >= 4 is 6.08 Å². The summed E-state index contributed by atoms with van der Waals surface area (Å²) < 4.78 is 0. The number of benzene rings is 1. The fourth-order valence-electron chi connectivity index (χ4n) is 2.33. The molecule has 0 aromatic heterocycles. The lowest BCUT2D eigenvalue weighted by Gasteiger charge is -1.93. The van der Waals surface area contributed by atoms with Gasteiger partial charge in [-0.1, -0.05) is 84.9 Å². The maximum atomic E-state index is 2.20. The molecule has 0 aliphatic heterocycles. The van der Waals surface area contributed by atoms with Crippen LogP contribution in [0.4, 0.5) is 0 Å². The van der Waals surface area contributed by atoms with Gasteiger partial charge in [-0.25, -0.2) is 0 Å². The molecule has 3 aliphatic carbocycles. The molecule has 0 heterocycles. The molecule has 0 saturated heterocycles. The van der Waals surface area contributed by atoms with Crippen LogP contribution in [-0.4, -0.2) is 0 Å². The van der Waals surface area contributed by atoms with E-state index in [1.165, 1.54) is 22.3 Å². The zero-order chi connectivity index (χ0) is 12.9. The third-order valence-corrected chi connectivity index (χ3v) is 3.35. The Kier molecular flexibility index (Phi) is 3.42. The Balaban J connectivity index is 0.000000117. The first-order chi connectivity index (χ1) is 9.43. The second-order valence-corrected chi connectivity index (χ2v) is 4.65. The minimum absolute atomic E-state index is 1.12. The van der Waals surface area contributed by atoms with Gasteiger partial charge in [-0.2, -0.15) is 0 Å². The molecule has 3 aliphatic rings. The lowest BCUT2D eigenvalue weighted by molar-refractivity contribution is 1.31. The second kappa shape index (κ2) is 5.53. The van der Waals surface area contributed by atoms with Crippen LogP contribution in [0.2, 0.25) is 0 Å². The van der Waals surface area contributed by atoms with E-state index in [9.17, 15) is 0 Å². The van der Waals surface area contributed by atoms with Crippen LogP contribution in [0, 0.1) is 0 Å². The molecule has 0 unspecified atom stereocenters. The van der Waals surface area contributed by atoms with Crippen molar-refractivity contribution in [3.63, 3.8) is 0 Å². The van der Waals surface area contributed by atoms with Gasteiger partial charge in [0, 0.05) is 0 Å². The Morgan fingerprint density at radius 1 is 0.579 bits per heavy atom. The third-order valence-electron chi connectivity index (χ3n) is 3.35. The molecule has 0 amide bonds. The van der Waals surface area contributed by atoms with Crippen LogP contribution >= 0.6 is 0 Å². The predicted octanol–water partition coefficient (Wildman–Crippen LogP) is 5.05. The average Bonchev–Trinajstić information content (AvgIpc) is 3.04. The van der Waals surface area contributed by atoms with Gasteiger partial charge in [-0.3, -0.25) is 0 Å². The summed E-state index contributed by atoms with van der Waals surface area (Å²) in [7, 11) is 0. The van der Waals surface area contributed by atoms with Crippen LogP contribution in [0.3, 0.4) is 0 Å². The molecule has 0 nitrogen and oxygen atoms in total. The predicted molar refractivity (Wildman–Crippen MR) is 82.2 cm³/mol. The van der Waals surface area contributed by atoms with Gasteiger partial charge in [0.15, 0.2) is 0 Å². The molecular formula is C19H16. The first kappa shape index (κ1) is 11.7. The standard InChI is InChI=1S/C10H8.C9H8/c1-2-5-9-7-4-8-10(9)6-3-1;1-2-5-9-7-3-6-8(9)4-1/h1-8H;1-6H,7H2. The Morgan fingerprint density at radius 2 is 1.21 bits per heavy atom. The molecule has 0 N–H and O–H groups in total. The molecular weight excluding hydrogens is 228 g/mol. The number of allylic oxidation sites excluding steroid dienone is 1. The highest BCUT2D eigenvalue weighted by Gasteiger charge is 2.00. The molecule has 1 aromatic rings. The van der Waals surface area contributed by atoms with Gasteiger partial charge >= 0.3 is 0 Å². The van der Waals surface area contributed by atoms with E-state index in [0.717, 1.165) is 6.42 Å².